The van der Waals surface area contributed by atoms with Crippen LogP contribution in [-0.4, -0.2) is 12.6 Å². The minimum Gasteiger partial charge on any atom is -0.494 e. The van der Waals surface area contributed by atoms with Crippen molar-refractivity contribution < 1.29 is 9.47 Å². The van der Waals surface area contributed by atoms with Gasteiger partial charge in [-0.25, -0.2) is 0 Å². The Morgan fingerprint density at radius 1 is 1.10 bits per heavy atom. The monoisotopic (exact) mass is 305 g/mol. The van der Waals surface area contributed by atoms with E-state index in [9.17, 15) is 0 Å². The lowest BCUT2D eigenvalue weighted by Gasteiger charge is -2.23. The molecule has 21 heavy (non-hydrogen) atoms. The van der Waals surface area contributed by atoms with Crippen molar-refractivity contribution in [2.24, 2.45) is 5.73 Å². The number of ether oxygens (including phenoxy) is 2. The highest BCUT2D eigenvalue weighted by Crippen LogP contribution is 2.28. The number of hydrogen-bond donors (Lipinski definition) is 1. The zero-order valence-corrected chi connectivity index (χ0v) is 13.4. The fraction of sp³-hybridized carbons (Fsp3) is 0.412. The van der Waals surface area contributed by atoms with Gasteiger partial charge >= 0.3 is 0 Å². The second kappa shape index (κ2) is 8.05. The van der Waals surface area contributed by atoms with E-state index < -0.39 is 0 Å². The van der Waals surface area contributed by atoms with Crippen LogP contribution in [0, 0.1) is 0 Å². The molecule has 1 heterocycles. The van der Waals surface area contributed by atoms with Gasteiger partial charge in [-0.05, 0) is 53.9 Å². The fourth-order valence-corrected chi connectivity index (χ4v) is 2.72. The number of rotatable bonds is 8. The van der Waals surface area contributed by atoms with Gasteiger partial charge in [-0.15, -0.1) is 0 Å². The molecule has 0 saturated carbocycles. The summed E-state index contributed by atoms with van der Waals surface area (Å²) in [5.74, 6) is 1.69. The van der Waals surface area contributed by atoms with Crippen molar-refractivity contribution in [2.45, 2.75) is 38.8 Å². The standard InChI is InChI=1S/C17H23NO2S/c1-3-10-19-14-5-7-15(8-6-14)20-17(16(18)4-2)13-9-11-21-12-13/h5-9,11-12,16-17H,3-4,10,18H2,1-2H3. The second-order valence-electron chi connectivity index (χ2n) is 4.99. The Kier molecular flexibility index (Phi) is 6.08. The van der Waals surface area contributed by atoms with Gasteiger partial charge in [0.05, 0.1) is 6.61 Å². The van der Waals surface area contributed by atoms with Gasteiger partial charge < -0.3 is 15.2 Å². The van der Waals surface area contributed by atoms with E-state index >= 15 is 0 Å². The molecule has 0 saturated heterocycles. The molecule has 1 aromatic carbocycles. The molecule has 0 aliphatic heterocycles. The smallest absolute Gasteiger partial charge is 0.140 e. The van der Waals surface area contributed by atoms with Gasteiger partial charge in [-0.3, -0.25) is 0 Å². The second-order valence-corrected chi connectivity index (χ2v) is 5.77. The van der Waals surface area contributed by atoms with Crippen LogP contribution in [0.2, 0.25) is 0 Å². The Balaban J connectivity index is 2.06. The molecule has 2 rings (SSSR count). The van der Waals surface area contributed by atoms with Gasteiger partial charge in [0, 0.05) is 11.6 Å². The summed E-state index contributed by atoms with van der Waals surface area (Å²) in [6.07, 6.45) is 1.77. The average molecular weight is 305 g/mol. The quantitative estimate of drug-likeness (QED) is 0.786. The van der Waals surface area contributed by atoms with Gasteiger partial charge in [0.15, 0.2) is 0 Å². The molecule has 1 aromatic heterocycles. The van der Waals surface area contributed by atoms with Gasteiger partial charge in [-0.2, -0.15) is 11.3 Å². The minimum atomic E-state index is -0.108. The molecule has 2 N–H and O–H groups in total. The first-order chi connectivity index (χ1) is 10.2. The highest BCUT2D eigenvalue weighted by molar-refractivity contribution is 7.07. The van der Waals surface area contributed by atoms with Crippen LogP contribution in [0.5, 0.6) is 11.5 Å². The van der Waals surface area contributed by atoms with E-state index in [0.29, 0.717) is 0 Å². The Morgan fingerprint density at radius 3 is 2.38 bits per heavy atom. The number of hydrogen-bond acceptors (Lipinski definition) is 4. The highest BCUT2D eigenvalue weighted by Gasteiger charge is 2.20. The molecule has 2 atom stereocenters. The summed E-state index contributed by atoms with van der Waals surface area (Å²) in [6, 6.07) is 9.80. The summed E-state index contributed by atoms with van der Waals surface area (Å²) in [5.41, 5.74) is 7.35. The van der Waals surface area contributed by atoms with E-state index in [-0.39, 0.29) is 12.1 Å². The zero-order chi connectivity index (χ0) is 15.1. The van der Waals surface area contributed by atoms with E-state index in [1.165, 1.54) is 0 Å². The van der Waals surface area contributed by atoms with Crippen LogP contribution in [0.1, 0.15) is 38.4 Å². The summed E-state index contributed by atoms with van der Waals surface area (Å²) in [6.45, 7) is 4.91. The predicted molar refractivity (Wildman–Crippen MR) is 88.2 cm³/mol. The number of benzene rings is 1. The molecule has 114 valence electrons. The van der Waals surface area contributed by atoms with Crippen molar-refractivity contribution >= 4 is 11.3 Å². The molecule has 0 amide bonds. The van der Waals surface area contributed by atoms with Crippen molar-refractivity contribution in [3.63, 3.8) is 0 Å². The van der Waals surface area contributed by atoms with Crippen LogP contribution in [0.15, 0.2) is 41.1 Å². The van der Waals surface area contributed by atoms with Gasteiger partial charge in [0.25, 0.3) is 0 Å². The summed E-state index contributed by atoms with van der Waals surface area (Å²) in [5, 5.41) is 4.15. The zero-order valence-electron chi connectivity index (χ0n) is 12.6. The molecular weight excluding hydrogens is 282 g/mol. The van der Waals surface area contributed by atoms with Crippen LogP contribution >= 0.6 is 11.3 Å². The van der Waals surface area contributed by atoms with Gasteiger partial charge in [0.2, 0.25) is 0 Å². The van der Waals surface area contributed by atoms with Crippen molar-refractivity contribution in [2.75, 3.05) is 6.61 Å². The topological polar surface area (TPSA) is 44.5 Å². The highest BCUT2D eigenvalue weighted by atomic mass is 32.1. The third-order valence-corrected chi connectivity index (χ3v) is 3.99. The lowest BCUT2D eigenvalue weighted by atomic mass is 10.0. The average Bonchev–Trinajstić information content (AvgIpc) is 3.05. The lowest BCUT2D eigenvalue weighted by molar-refractivity contribution is 0.171. The van der Waals surface area contributed by atoms with Crippen LogP contribution < -0.4 is 15.2 Å². The molecule has 0 fully saturated rings. The van der Waals surface area contributed by atoms with E-state index in [0.717, 1.165) is 36.5 Å². The fourth-order valence-electron chi connectivity index (χ4n) is 2.03. The Hall–Kier alpha value is -1.52. The molecule has 4 heteroatoms. The van der Waals surface area contributed by atoms with E-state index in [2.05, 4.69) is 30.7 Å². The van der Waals surface area contributed by atoms with Crippen molar-refractivity contribution in [1.82, 2.24) is 0 Å². The normalized spacial score (nSPS) is 13.7. The van der Waals surface area contributed by atoms with E-state index in [4.69, 9.17) is 15.2 Å². The lowest BCUT2D eigenvalue weighted by Crippen LogP contribution is -2.31. The maximum absolute atomic E-state index is 6.21. The maximum atomic E-state index is 6.21. The Labute approximate surface area is 130 Å². The van der Waals surface area contributed by atoms with E-state index in [1.807, 2.05) is 24.3 Å². The molecule has 2 unspecified atom stereocenters. The summed E-state index contributed by atoms with van der Waals surface area (Å²) in [4.78, 5) is 0. The SMILES string of the molecule is CCCOc1ccc(OC(c2ccsc2)C(N)CC)cc1. The summed E-state index contributed by atoms with van der Waals surface area (Å²) in [7, 11) is 0. The first-order valence-corrected chi connectivity index (χ1v) is 8.36. The first kappa shape index (κ1) is 15.9. The van der Waals surface area contributed by atoms with Crippen LogP contribution in [0.3, 0.4) is 0 Å². The number of thiophene rings is 1. The minimum absolute atomic E-state index is 0.0179. The number of nitrogens with two attached hydrogens (primary N) is 1. The van der Waals surface area contributed by atoms with Crippen molar-refractivity contribution in [1.29, 1.82) is 0 Å². The van der Waals surface area contributed by atoms with Crippen molar-refractivity contribution in [3.8, 4) is 11.5 Å². The molecule has 3 nitrogen and oxygen atoms in total. The Bertz CT molecular complexity index is 510. The van der Waals surface area contributed by atoms with Crippen LogP contribution in [0.4, 0.5) is 0 Å². The van der Waals surface area contributed by atoms with Crippen LogP contribution in [0.25, 0.3) is 0 Å². The maximum Gasteiger partial charge on any atom is 0.140 e. The van der Waals surface area contributed by atoms with Gasteiger partial charge in [0.1, 0.15) is 17.6 Å². The third kappa shape index (κ3) is 4.48. The molecule has 0 spiro atoms. The van der Waals surface area contributed by atoms with Gasteiger partial charge in [-0.1, -0.05) is 13.8 Å². The largest absolute Gasteiger partial charge is 0.494 e. The first-order valence-electron chi connectivity index (χ1n) is 7.41. The van der Waals surface area contributed by atoms with Crippen LogP contribution in [-0.2, 0) is 0 Å². The van der Waals surface area contributed by atoms with Crippen molar-refractivity contribution in [3.05, 3.63) is 46.7 Å². The molecule has 2 aromatic rings. The third-order valence-electron chi connectivity index (χ3n) is 3.29. The predicted octanol–water partition coefficient (Wildman–Crippen LogP) is 4.39. The summed E-state index contributed by atoms with van der Waals surface area (Å²) >= 11 is 1.66. The molecule has 0 bridgehead atoms. The Morgan fingerprint density at radius 2 is 1.81 bits per heavy atom. The molecule has 0 aliphatic rings. The molecule has 0 radical (unpaired) electrons. The summed E-state index contributed by atoms with van der Waals surface area (Å²) < 4.78 is 11.7. The molecular formula is C17H23NO2S. The molecule has 0 aliphatic carbocycles. The van der Waals surface area contributed by atoms with E-state index in [1.54, 1.807) is 11.3 Å².